The van der Waals surface area contributed by atoms with Gasteiger partial charge in [-0.3, -0.25) is 0 Å². The maximum atomic E-state index is 5.41. The second kappa shape index (κ2) is 7.86. The molecular formula is C18H24N4O2. The Morgan fingerprint density at radius 2 is 1.88 bits per heavy atom. The largest absolute Gasteiger partial charge is 0.454 e. The fourth-order valence-electron chi connectivity index (χ4n) is 2.69. The highest BCUT2D eigenvalue weighted by atomic mass is 16.7. The quantitative estimate of drug-likeness (QED) is 0.801. The average Bonchev–Trinajstić information content (AvgIpc) is 3.08. The van der Waals surface area contributed by atoms with E-state index in [2.05, 4.69) is 34.0 Å². The Balaban J connectivity index is 1.66. The summed E-state index contributed by atoms with van der Waals surface area (Å²) in [4.78, 5) is 11.3. The number of fused-ring (bicyclic) bond motifs is 1. The van der Waals surface area contributed by atoms with E-state index in [1.54, 1.807) is 0 Å². The second-order valence-electron chi connectivity index (χ2n) is 5.77. The molecule has 1 aliphatic heterocycles. The predicted octanol–water partition coefficient (Wildman–Crippen LogP) is 3.44. The van der Waals surface area contributed by atoms with Crippen LogP contribution in [0.2, 0.25) is 0 Å². The van der Waals surface area contributed by atoms with Gasteiger partial charge in [0.25, 0.3) is 0 Å². The van der Waals surface area contributed by atoms with Crippen LogP contribution in [-0.4, -0.2) is 29.9 Å². The Labute approximate surface area is 142 Å². The summed E-state index contributed by atoms with van der Waals surface area (Å²) in [5.74, 6) is 3.22. The summed E-state index contributed by atoms with van der Waals surface area (Å²) in [6, 6.07) is 7.86. The van der Waals surface area contributed by atoms with Gasteiger partial charge in [-0.15, -0.1) is 0 Å². The first-order valence-electron chi connectivity index (χ1n) is 8.50. The van der Waals surface area contributed by atoms with Gasteiger partial charge in [-0.2, -0.15) is 4.98 Å². The monoisotopic (exact) mass is 328 g/mol. The van der Waals surface area contributed by atoms with Crippen LogP contribution in [0.25, 0.3) is 0 Å². The summed E-state index contributed by atoms with van der Waals surface area (Å²) in [5.41, 5.74) is 1.12. The lowest BCUT2D eigenvalue weighted by Crippen LogP contribution is -2.27. The van der Waals surface area contributed by atoms with Crippen molar-refractivity contribution in [3.05, 3.63) is 36.0 Å². The highest BCUT2D eigenvalue weighted by Gasteiger charge is 2.13. The SMILES string of the molecule is CCCN(CCC)c1nccc(NCc2ccc3c(c2)OCO3)n1. The lowest BCUT2D eigenvalue weighted by atomic mass is 10.2. The summed E-state index contributed by atoms with van der Waals surface area (Å²) >= 11 is 0. The molecular weight excluding hydrogens is 304 g/mol. The summed E-state index contributed by atoms with van der Waals surface area (Å²) in [6.45, 7) is 7.26. The van der Waals surface area contributed by atoms with E-state index in [0.29, 0.717) is 13.3 Å². The third-order valence-electron chi connectivity index (χ3n) is 3.82. The van der Waals surface area contributed by atoms with E-state index in [4.69, 9.17) is 9.47 Å². The summed E-state index contributed by atoms with van der Waals surface area (Å²) in [5, 5.41) is 3.36. The van der Waals surface area contributed by atoms with E-state index < -0.39 is 0 Å². The molecule has 0 bridgehead atoms. The van der Waals surface area contributed by atoms with Crippen molar-refractivity contribution in [3.63, 3.8) is 0 Å². The molecule has 0 fully saturated rings. The zero-order valence-corrected chi connectivity index (χ0v) is 14.3. The third kappa shape index (κ3) is 3.88. The Bertz CT molecular complexity index is 672. The lowest BCUT2D eigenvalue weighted by Gasteiger charge is -2.21. The van der Waals surface area contributed by atoms with Crippen molar-refractivity contribution in [1.82, 2.24) is 9.97 Å². The van der Waals surface area contributed by atoms with E-state index in [1.807, 2.05) is 30.5 Å². The highest BCUT2D eigenvalue weighted by molar-refractivity contribution is 5.46. The van der Waals surface area contributed by atoms with Crippen LogP contribution < -0.4 is 19.7 Å². The minimum atomic E-state index is 0.298. The van der Waals surface area contributed by atoms with Crippen molar-refractivity contribution < 1.29 is 9.47 Å². The molecule has 0 unspecified atom stereocenters. The molecule has 1 aromatic heterocycles. The molecule has 0 saturated carbocycles. The fourth-order valence-corrected chi connectivity index (χ4v) is 2.69. The van der Waals surface area contributed by atoms with Gasteiger partial charge in [0.2, 0.25) is 12.7 Å². The van der Waals surface area contributed by atoms with Crippen molar-refractivity contribution in [1.29, 1.82) is 0 Å². The molecule has 0 spiro atoms. The van der Waals surface area contributed by atoms with Gasteiger partial charge < -0.3 is 19.7 Å². The van der Waals surface area contributed by atoms with Gasteiger partial charge in [0.15, 0.2) is 11.5 Å². The summed E-state index contributed by atoms with van der Waals surface area (Å²) in [7, 11) is 0. The minimum Gasteiger partial charge on any atom is -0.454 e. The van der Waals surface area contributed by atoms with Gasteiger partial charge in [0.05, 0.1) is 0 Å². The topological polar surface area (TPSA) is 59.5 Å². The van der Waals surface area contributed by atoms with Gasteiger partial charge in [-0.05, 0) is 36.6 Å². The smallest absolute Gasteiger partial charge is 0.231 e. The van der Waals surface area contributed by atoms with E-state index in [0.717, 1.165) is 54.8 Å². The van der Waals surface area contributed by atoms with E-state index in [-0.39, 0.29) is 0 Å². The molecule has 0 radical (unpaired) electrons. The second-order valence-corrected chi connectivity index (χ2v) is 5.77. The van der Waals surface area contributed by atoms with Crippen molar-refractivity contribution in [2.75, 3.05) is 30.1 Å². The molecule has 2 aromatic rings. The molecule has 3 rings (SSSR count). The Morgan fingerprint density at radius 1 is 1.08 bits per heavy atom. The zero-order chi connectivity index (χ0) is 16.8. The number of anilines is 2. The third-order valence-corrected chi connectivity index (χ3v) is 3.82. The van der Waals surface area contributed by atoms with Crippen LogP contribution in [0, 0.1) is 0 Å². The van der Waals surface area contributed by atoms with Gasteiger partial charge in [-0.1, -0.05) is 19.9 Å². The Hall–Kier alpha value is -2.50. The van der Waals surface area contributed by atoms with Crippen molar-refractivity contribution in [3.8, 4) is 11.5 Å². The average molecular weight is 328 g/mol. The lowest BCUT2D eigenvalue weighted by molar-refractivity contribution is 0.174. The zero-order valence-electron chi connectivity index (χ0n) is 14.3. The first-order valence-corrected chi connectivity index (χ1v) is 8.50. The van der Waals surface area contributed by atoms with Crippen LogP contribution in [0.1, 0.15) is 32.3 Å². The molecule has 0 saturated heterocycles. The summed E-state index contributed by atoms with van der Waals surface area (Å²) < 4.78 is 10.7. The molecule has 1 aliphatic rings. The first-order chi connectivity index (χ1) is 11.8. The first kappa shape index (κ1) is 16.4. The maximum Gasteiger partial charge on any atom is 0.231 e. The van der Waals surface area contributed by atoms with Crippen LogP contribution in [0.3, 0.4) is 0 Å². The number of rotatable bonds is 8. The van der Waals surface area contributed by atoms with E-state index in [1.165, 1.54) is 0 Å². The number of benzene rings is 1. The fraction of sp³-hybridized carbons (Fsp3) is 0.444. The normalized spacial score (nSPS) is 12.2. The van der Waals surface area contributed by atoms with Gasteiger partial charge in [-0.25, -0.2) is 4.98 Å². The van der Waals surface area contributed by atoms with Gasteiger partial charge in [0.1, 0.15) is 5.82 Å². The van der Waals surface area contributed by atoms with E-state index >= 15 is 0 Å². The van der Waals surface area contributed by atoms with Gasteiger partial charge in [0, 0.05) is 25.8 Å². The number of nitrogens with zero attached hydrogens (tertiary/aromatic N) is 3. The van der Waals surface area contributed by atoms with Crippen molar-refractivity contribution in [2.45, 2.75) is 33.2 Å². The molecule has 0 aliphatic carbocycles. The molecule has 0 atom stereocenters. The number of hydrogen-bond donors (Lipinski definition) is 1. The van der Waals surface area contributed by atoms with Gasteiger partial charge >= 0.3 is 0 Å². The number of nitrogens with one attached hydrogen (secondary N) is 1. The molecule has 6 heteroatoms. The van der Waals surface area contributed by atoms with Crippen LogP contribution in [0.4, 0.5) is 11.8 Å². The summed E-state index contributed by atoms with van der Waals surface area (Å²) in [6.07, 6.45) is 3.97. The van der Waals surface area contributed by atoms with Crippen LogP contribution >= 0.6 is 0 Å². The molecule has 24 heavy (non-hydrogen) atoms. The number of ether oxygens (including phenoxy) is 2. The predicted molar refractivity (Wildman–Crippen MR) is 94.7 cm³/mol. The van der Waals surface area contributed by atoms with Crippen LogP contribution in [0.15, 0.2) is 30.5 Å². The van der Waals surface area contributed by atoms with E-state index in [9.17, 15) is 0 Å². The Kier molecular flexibility index (Phi) is 5.36. The molecule has 2 heterocycles. The molecule has 1 N–H and O–H groups in total. The van der Waals surface area contributed by atoms with Crippen molar-refractivity contribution >= 4 is 11.8 Å². The van der Waals surface area contributed by atoms with Crippen LogP contribution in [0.5, 0.6) is 11.5 Å². The Morgan fingerprint density at radius 3 is 2.67 bits per heavy atom. The maximum absolute atomic E-state index is 5.41. The number of aromatic nitrogens is 2. The molecule has 6 nitrogen and oxygen atoms in total. The standard InChI is InChI=1S/C18H24N4O2/c1-3-9-22(10-4-2)18-19-8-7-17(21-18)20-12-14-5-6-15-16(11-14)24-13-23-15/h5-8,11H,3-4,9-10,12-13H2,1-2H3,(H,19,20,21). The minimum absolute atomic E-state index is 0.298. The molecule has 128 valence electrons. The molecule has 0 amide bonds. The molecule has 1 aromatic carbocycles. The highest BCUT2D eigenvalue weighted by Crippen LogP contribution is 2.32. The number of hydrogen-bond acceptors (Lipinski definition) is 6. The van der Waals surface area contributed by atoms with Crippen LogP contribution in [-0.2, 0) is 6.54 Å². The van der Waals surface area contributed by atoms with Crippen molar-refractivity contribution in [2.24, 2.45) is 0 Å².